The molecule has 90 valence electrons. The molecular weight excluding hydrogens is 238 g/mol. The molecule has 0 spiro atoms. The first-order chi connectivity index (χ1) is 9.43. The fourth-order valence-corrected chi connectivity index (χ4v) is 2.35. The molecule has 0 aliphatic carbocycles. The second-order valence-electron chi connectivity index (χ2n) is 4.27. The van der Waals surface area contributed by atoms with Gasteiger partial charge >= 0.3 is 0 Å². The molecule has 0 bridgehead atoms. The molecule has 0 aliphatic rings. The summed E-state index contributed by atoms with van der Waals surface area (Å²) in [7, 11) is 0. The van der Waals surface area contributed by atoms with E-state index in [-0.39, 0.29) is 0 Å². The zero-order valence-electron chi connectivity index (χ0n) is 9.91. The summed E-state index contributed by atoms with van der Waals surface area (Å²) >= 11 is 0. The maximum Gasteiger partial charge on any atom is 0.182 e. The lowest BCUT2D eigenvalue weighted by molar-refractivity contribution is 0.981. The van der Waals surface area contributed by atoms with Gasteiger partial charge in [0.25, 0.3) is 0 Å². The molecule has 2 aromatic heterocycles. The average Bonchev–Trinajstić information content (AvgIpc) is 2.96. The van der Waals surface area contributed by atoms with Gasteiger partial charge in [0.05, 0.1) is 17.9 Å². The molecule has 0 radical (unpaired) electrons. The third-order valence-corrected chi connectivity index (χ3v) is 3.19. The highest BCUT2D eigenvalue weighted by Crippen LogP contribution is 2.31. The van der Waals surface area contributed by atoms with E-state index in [4.69, 9.17) is 0 Å². The predicted molar refractivity (Wildman–Crippen MR) is 72.4 cm³/mol. The first-order valence-electron chi connectivity index (χ1n) is 5.92. The van der Waals surface area contributed by atoms with Crippen LogP contribution in [0.3, 0.4) is 0 Å². The molecule has 0 aliphatic heterocycles. The zero-order chi connectivity index (χ0) is 12.7. The Labute approximate surface area is 108 Å². The number of rotatable bonds is 1. The minimum Gasteiger partial charge on any atom is -0.278 e. The molecule has 2 aromatic carbocycles. The first-order valence-corrected chi connectivity index (χ1v) is 5.92. The van der Waals surface area contributed by atoms with Gasteiger partial charge in [-0.2, -0.15) is 10.2 Å². The van der Waals surface area contributed by atoms with Crippen LogP contribution in [0.4, 0.5) is 0 Å². The Balaban J connectivity index is 2.19. The number of nitrogens with one attached hydrogen (secondary N) is 1. The van der Waals surface area contributed by atoms with E-state index >= 15 is 0 Å². The Morgan fingerprint density at radius 3 is 2.68 bits per heavy atom. The lowest BCUT2D eigenvalue weighted by atomic mass is 10.0. The van der Waals surface area contributed by atoms with Crippen molar-refractivity contribution in [1.82, 2.24) is 25.4 Å². The number of hydrogen-bond acceptors (Lipinski definition) is 4. The smallest absolute Gasteiger partial charge is 0.182 e. The standard InChI is InChI=1S/C14H9N5/c1-2-4-10-9(3-1)11(14-15-5-6-16-19-14)7-13-12(10)8-17-18-13/h1-8H,(H,17,18). The number of H-pyrrole nitrogens is 1. The molecular formula is C14H9N5. The molecule has 0 atom stereocenters. The van der Waals surface area contributed by atoms with Gasteiger partial charge in [0.15, 0.2) is 5.82 Å². The summed E-state index contributed by atoms with van der Waals surface area (Å²) in [6.45, 7) is 0. The average molecular weight is 247 g/mol. The summed E-state index contributed by atoms with van der Waals surface area (Å²) in [6.07, 6.45) is 5.06. The second-order valence-corrected chi connectivity index (χ2v) is 4.27. The minimum absolute atomic E-state index is 0.621. The maximum absolute atomic E-state index is 4.28. The van der Waals surface area contributed by atoms with Crippen LogP contribution in [0, 0.1) is 0 Å². The van der Waals surface area contributed by atoms with E-state index in [9.17, 15) is 0 Å². The maximum atomic E-state index is 4.28. The van der Waals surface area contributed by atoms with Crippen LogP contribution >= 0.6 is 0 Å². The number of benzene rings is 2. The number of aromatic nitrogens is 5. The third kappa shape index (κ3) is 1.48. The molecule has 2 heterocycles. The van der Waals surface area contributed by atoms with E-state index in [1.165, 1.54) is 0 Å². The van der Waals surface area contributed by atoms with Gasteiger partial charge in [0, 0.05) is 17.1 Å². The van der Waals surface area contributed by atoms with Crippen LogP contribution in [0.1, 0.15) is 0 Å². The van der Waals surface area contributed by atoms with Crippen LogP contribution in [0.15, 0.2) is 48.9 Å². The van der Waals surface area contributed by atoms with E-state index in [2.05, 4.69) is 37.5 Å². The van der Waals surface area contributed by atoms with Crippen LogP contribution in [0.2, 0.25) is 0 Å². The van der Waals surface area contributed by atoms with Crippen LogP contribution in [-0.4, -0.2) is 25.4 Å². The highest BCUT2D eigenvalue weighted by atomic mass is 15.1. The van der Waals surface area contributed by atoms with Gasteiger partial charge in [0.1, 0.15) is 0 Å². The highest BCUT2D eigenvalue weighted by molar-refractivity contribution is 6.11. The van der Waals surface area contributed by atoms with Crippen LogP contribution in [-0.2, 0) is 0 Å². The molecule has 0 saturated carbocycles. The Morgan fingerprint density at radius 1 is 0.947 bits per heavy atom. The Morgan fingerprint density at radius 2 is 1.84 bits per heavy atom. The Bertz CT molecular complexity index is 867. The summed E-state index contributed by atoms with van der Waals surface area (Å²) in [6, 6.07) is 10.2. The second kappa shape index (κ2) is 3.84. The molecule has 5 heteroatoms. The number of nitrogens with zero attached hydrogens (tertiary/aromatic N) is 4. The summed E-state index contributed by atoms with van der Waals surface area (Å²) in [4.78, 5) is 4.28. The molecule has 0 amide bonds. The monoisotopic (exact) mass is 247 g/mol. The predicted octanol–water partition coefficient (Wildman–Crippen LogP) is 2.57. The van der Waals surface area contributed by atoms with Crippen molar-refractivity contribution in [2.75, 3.05) is 0 Å². The zero-order valence-corrected chi connectivity index (χ0v) is 9.91. The fraction of sp³-hybridized carbons (Fsp3) is 0. The van der Waals surface area contributed by atoms with E-state index in [0.717, 1.165) is 27.2 Å². The van der Waals surface area contributed by atoms with Gasteiger partial charge in [0.2, 0.25) is 0 Å². The first kappa shape index (κ1) is 10.1. The van der Waals surface area contributed by atoms with Gasteiger partial charge in [-0.15, -0.1) is 5.10 Å². The molecule has 4 aromatic rings. The molecule has 0 unspecified atom stereocenters. The van der Waals surface area contributed by atoms with Crippen LogP contribution < -0.4 is 0 Å². The van der Waals surface area contributed by atoms with Crippen molar-refractivity contribution in [2.45, 2.75) is 0 Å². The van der Waals surface area contributed by atoms with Crippen molar-refractivity contribution in [3.8, 4) is 11.4 Å². The van der Waals surface area contributed by atoms with Gasteiger partial charge in [-0.3, -0.25) is 5.10 Å². The summed E-state index contributed by atoms with van der Waals surface area (Å²) in [5.74, 6) is 0.621. The number of fused-ring (bicyclic) bond motifs is 3. The van der Waals surface area contributed by atoms with E-state index in [1.54, 1.807) is 12.4 Å². The fourth-order valence-electron chi connectivity index (χ4n) is 2.35. The highest BCUT2D eigenvalue weighted by Gasteiger charge is 2.11. The molecule has 5 nitrogen and oxygen atoms in total. The van der Waals surface area contributed by atoms with Crippen molar-refractivity contribution < 1.29 is 0 Å². The molecule has 0 saturated heterocycles. The molecule has 4 rings (SSSR count). The SMILES string of the molecule is c1ccc2c(c1)c(-c1nccnn1)cc1[nH]ncc12. The normalized spacial score (nSPS) is 11.2. The van der Waals surface area contributed by atoms with E-state index in [0.29, 0.717) is 5.82 Å². The molecule has 0 fully saturated rings. The van der Waals surface area contributed by atoms with Crippen LogP contribution in [0.5, 0.6) is 0 Å². The number of aromatic amines is 1. The van der Waals surface area contributed by atoms with Gasteiger partial charge < -0.3 is 0 Å². The summed E-state index contributed by atoms with van der Waals surface area (Å²) in [5.41, 5.74) is 1.93. The largest absolute Gasteiger partial charge is 0.278 e. The van der Waals surface area contributed by atoms with Gasteiger partial charge in [-0.25, -0.2) is 4.98 Å². The van der Waals surface area contributed by atoms with Gasteiger partial charge in [-0.1, -0.05) is 24.3 Å². The molecule has 1 N–H and O–H groups in total. The Hall–Kier alpha value is -2.82. The summed E-state index contributed by atoms with van der Waals surface area (Å²) < 4.78 is 0. The third-order valence-electron chi connectivity index (χ3n) is 3.19. The van der Waals surface area contributed by atoms with Crippen LogP contribution in [0.25, 0.3) is 33.1 Å². The number of hydrogen-bond donors (Lipinski definition) is 1. The van der Waals surface area contributed by atoms with Crippen molar-refractivity contribution in [2.24, 2.45) is 0 Å². The van der Waals surface area contributed by atoms with Gasteiger partial charge in [-0.05, 0) is 16.8 Å². The van der Waals surface area contributed by atoms with Crippen molar-refractivity contribution in [1.29, 1.82) is 0 Å². The van der Waals surface area contributed by atoms with Crippen molar-refractivity contribution >= 4 is 21.7 Å². The minimum atomic E-state index is 0.621. The molecule has 19 heavy (non-hydrogen) atoms. The quantitative estimate of drug-likeness (QED) is 0.561. The lowest BCUT2D eigenvalue weighted by Gasteiger charge is -2.05. The van der Waals surface area contributed by atoms with E-state index in [1.807, 2.05) is 24.4 Å². The Kier molecular flexibility index (Phi) is 2.05. The van der Waals surface area contributed by atoms with Crippen molar-refractivity contribution in [3.63, 3.8) is 0 Å². The van der Waals surface area contributed by atoms with Crippen molar-refractivity contribution in [3.05, 3.63) is 48.9 Å². The lowest BCUT2D eigenvalue weighted by Crippen LogP contribution is -1.91. The topological polar surface area (TPSA) is 67.3 Å². The summed E-state index contributed by atoms with van der Waals surface area (Å²) in [5, 5.41) is 18.4. The van der Waals surface area contributed by atoms with E-state index < -0.39 is 0 Å².